The minimum atomic E-state index is -0.737. The van der Waals surface area contributed by atoms with Crippen LogP contribution in [0, 0.1) is 5.92 Å². The fourth-order valence-electron chi connectivity index (χ4n) is 2.97. The monoisotopic (exact) mass is 415 g/mol. The van der Waals surface area contributed by atoms with Gasteiger partial charge < -0.3 is 4.42 Å². The van der Waals surface area contributed by atoms with Gasteiger partial charge in [0, 0.05) is 10.8 Å². The van der Waals surface area contributed by atoms with Crippen molar-refractivity contribution in [2.24, 2.45) is 15.9 Å². The average molecular weight is 416 g/mol. The summed E-state index contributed by atoms with van der Waals surface area (Å²) in [6.45, 7) is 0. The number of amides is 3. The molecule has 0 N–H and O–H groups in total. The number of aliphatic imine (C=N–C) groups is 2. The van der Waals surface area contributed by atoms with Crippen molar-refractivity contribution in [1.29, 1.82) is 0 Å². The first-order valence-corrected chi connectivity index (χ1v) is 9.83. The summed E-state index contributed by atoms with van der Waals surface area (Å²) < 4.78 is 6.79. The Morgan fingerprint density at radius 3 is 2.71 bits per heavy atom. The fourth-order valence-corrected chi connectivity index (χ4v) is 4.33. The lowest BCUT2D eigenvalue weighted by atomic mass is 10.0. The SMILES string of the molecule is CN1C(=O)C2C(SCc3ccccc3Cl)=NC(c3ccco3)=NC2=[N+](C)C1=O. The van der Waals surface area contributed by atoms with Crippen molar-refractivity contribution < 1.29 is 18.6 Å². The highest BCUT2D eigenvalue weighted by Crippen LogP contribution is 2.30. The summed E-state index contributed by atoms with van der Waals surface area (Å²) in [4.78, 5) is 35.3. The molecule has 1 atom stereocenters. The number of hydrogen-bond donors (Lipinski definition) is 0. The van der Waals surface area contributed by atoms with Crippen LogP contribution in [0.3, 0.4) is 0 Å². The standard InChI is InChI=1S/C19H16ClN4O3S/c1-23-16-14(18(25)24(2)19(23)26)17(22-15(21-16)13-8-5-9-27-13)28-10-11-6-3-4-7-12(11)20/h3-9,14H,10H2,1-2H3/q+1. The summed E-state index contributed by atoms with van der Waals surface area (Å²) in [5.41, 5.74) is 0.932. The Bertz CT molecular complexity index is 1060. The van der Waals surface area contributed by atoms with Crippen molar-refractivity contribution >= 4 is 52.0 Å². The molecule has 3 heterocycles. The molecule has 1 unspecified atom stereocenters. The number of carbonyl (C=O) groups is 2. The molecule has 2 aromatic rings. The van der Waals surface area contributed by atoms with Gasteiger partial charge in [-0.2, -0.15) is 9.48 Å². The Kier molecular flexibility index (Phi) is 4.91. The number of imide groups is 1. The Balaban J connectivity index is 1.76. The van der Waals surface area contributed by atoms with Gasteiger partial charge in [0.2, 0.25) is 0 Å². The van der Waals surface area contributed by atoms with Crippen LogP contribution in [0.5, 0.6) is 0 Å². The Morgan fingerprint density at radius 1 is 1.21 bits per heavy atom. The number of rotatable bonds is 3. The molecule has 0 bridgehead atoms. The van der Waals surface area contributed by atoms with Gasteiger partial charge in [0.25, 0.3) is 11.7 Å². The number of furan rings is 1. The molecule has 2 aliphatic rings. The summed E-state index contributed by atoms with van der Waals surface area (Å²) in [7, 11) is 3.05. The highest BCUT2D eigenvalue weighted by atomic mass is 35.5. The minimum Gasteiger partial charge on any atom is -0.459 e. The average Bonchev–Trinajstić information content (AvgIpc) is 3.24. The summed E-state index contributed by atoms with van der Waals surface area (Å²) in [5, 5.41) is 1.20. The molecule has 0 spiro atoms. The zero-order chi connectivity index (χ0) is 19.8. The van der Waals surface area contributed by atoms with Crippen LogP contribution in [0.1, 0.15) is 11.3 Å². The smallest absolute Gasteiger partial charge is 0.445 e. The first-order chi connectivity index (χ1) is 13.5. The van der Waals surface area contributed by atoms with Crippen LogP contribution < -0.4 is 0 Å². The van der Waals surface area contributed by atoms with E-state index in [0.717, 1.165) is 10.5 Å². The molecule has 0 saturated heterocycles. The van der Waals surface area contributed by atoms with Crippen LogP contribution in [0.15, 0.2) is 57.1 Å². The van der Waals surface area contributed by atoms with Crippen molar-refractivity contribution in [2.45, 2.75) is 5.75 Å². The van der Waals surface area contributed by atoms with Crippen LogP contribution in [-0.2, 0) is 10.5 Å². The van der Waals surface area contributed by atoms with Crippen LogP contribution >= 0.6 is 23.4 Å². The van der Waals surface area contributed by atoms with Crippen LogP contribution in [0.2, 0.25) is 5.02 Å². The molecule has 7 nitrogen and oxygen atoms in total. The normalized spacial score (nSPS) is 19.5. The number of urea groups is 1. The maximum Gasteiger partial charge on any atom is 0.445 e. The van der Waals surface area contributed by atoms with Crippen LogP contribution in [-0.4, -0.2) is 52.2 Å². The van der Waals surface area contributed by atoms with E-state index in [9.17, 15) is 9.59 Å². The maximum atomic E-state index is 12.8. The molecule has 0 aliphatic carbocycles. The van der Waals surface area contributed by atoms with Gasteiger partial charge in [0.15, 0.2) is 11.7 Å². The van der Waals surface area contributed by atoms with E-state index in [-0.39, 0.29) is 5.91 Å². The number of halogens is 1. The van der Waals surface area contributed by atoms with Gasteiger partial charge >= 0.3 is 11.9 Å². The molecule has 9 heteroatoms. The number of fused-ring (bicyclic) bond motifs is 1. The summed E-state index contributed by atoms with van der Waals surface area (Å²) in [6, 6.07) is 10.5. The maximum absolute atomic E-state index is 12.8. The van der Waals surface area contributed by atoms with Gasteiger partial charge in [-0.15, -0.1) is 11.8 Å². The van der Waals surface area contributed by atoms with Gasteiger partial charge in [0.05, 0.1) is 20.4 Å². The molecular weight excluding hydrogens is 400 g/mol. The molecule has 0 radical (unpaired) electrons. The number of nitrogens with zero attached hydrogens (tertiary/aromatic N) is 4. The van der Waals surface area contributed by atoms with Gasteiger partial charge in [0.1, 0.15) is 5.04 Å². The Hall–Kier alpha value is -2.71. The first kappa shape index (κ1) is 18.6. The number of thioether (sulfide) groups is 1. The van der Waals surface area contributed by atoms with Gasteiger partial charge in [-0.05, 0) is 23.8 Å². The summed E-state index contributed by atoms with van der Waals surface area (Å²) in [6.07, 6.45) is 1.52. The molecule has 142 valence electrons. The second-order valence-corrected chi connectivity index (χ2v) is 7.68. The van der Waals surface area contributed by atoms with E-state index in [1.807, 2.05) is 24.3 Å². The third kappa shape index (κ3) is 3.18. The molecule has 1 aromatic carbocycles. The van der Waals surface area contributed by atoms with Crippen molar-refractivity contribution in [1.82, 2.24) is 4.90 Å². The van der Waals surface area contributed by atoms with Gasteiger partial charge in [-0.3, -0.25) is 4.79 Å². The minimum absolute atomic E-state index is 0.329. The Labute approximate surface area is 170 Å². The molecule has 4 rings (SSSR count). The highest BCUT2D eigenvalue weighted by Gasteiger charge is 2.49. The predicted molar refractivity (Wildman–Crippen MR) is 108 cm³/mol. The van der Waals surface area contributed by atoms with E-state index < -0.39 is 11.9 Å². The molecule has 28 heavy (non-hydrogen) atoms. The highest BCUT2D eigenvalue weighted by molar-refractivity contribution is 8.13. The zero-order valence-electron chi connectivity index (χ0n) is 15.1. The Morgan fingerprint density at radius 2 is 2.00 bits per heavy atom. The third-order valence-electron chi connectivity index (χ3n) is 4.51. The van der Waals surface area contributed by atoms with Crippen LogP contribution in [0.4, 0.5) is 4.79 Å². The molecule has 0 fully saturated rings. The summed E-state index contributed by atoms with van der Waals surface area (Å²) >= 11 is 7.66. The lowest BCUT2D eigenvalue weighted by Crippen LogP contribution is -2.54. The quantitative estimate of drug-likeness (QED) is 0.721. The van der Waals surface area contributed by atoms with E-state index in [0.29, 0.717) is 33.3 Å². The topological polar surface area (TPSA) is 78.2 Å². The number of benzene rings is 1. The lowest BCUT2D eigenvalue weighted by Gasteiger charge is -2.26. The van der Waals surface area contributed by atoms with E-state index in [1.54, 1.807) is 19.2 Å². The number of hydrogen-bond acceptors (Lipinski definition) is 6. The van der Waals surface area contributed by atoms with Crippen molar-refractivity contribution in [2.75, 3.05) is 14.1 Å². The molecule has 0 saturated carbocycles. The van der Waals surface area contributed by atoms with Gasteiger partial charge in [-0.1, -0.05) is 34.8 Å². The fraction of sp³-hybridized carbons (Fsp3) is 0.211. The van der Waals surface area contributed by atoms with E-state index in [1.165, 1.54) is 29.6 Å². The van der Waals surface area contributed by atoms with E-state index >= 15 is 0 Å². The number of carbonyl (C=O) groups excluding carboxylic acids is 2. The second kappa shape index (κ2) is 7.37. The van der Waals surface area contributed by atoms with Crippen molar-refractivity contribution in [3.8, 4) is 0 Å². The largest absolute Gasteiger partial charge is 0.459 e. The molecule has 3 amide bonds. The summed E-state index contributed by atoms with van der Waals surface area (Å²) in [5.74, 6) is 0.576. The van der Waals surface area contributed by atoms with E-state index in [4.69, 9.17) is 16.0 Å². The van der Waals surface area contributed by atoms with Gasteiger partial charge in [-0.25, -0.2) is 9.79 Å². The number of amidine groups is 2. The van der Waals surface area contributed by atoms with Crippen molar-refractivity contribution in [3.63, 3.8) is 0 Å². The van der Waals surface area contributed by atoms with E-state index in [2.05, 4.69) is 9.98 Å². The predicted octanol–water partition coefficient (Wildman–Crippen LogP) is 3.27. The molecular formula is C19H16ClN4O3S+. The van der Waals surface area contributed by atoms with Crippen LogP contribution in [0.25, 0.3) is 0 Å². The van der Waals surface area contributed by atoms with Crippen molar-refractivity contribution in [3.05, 3.63) is 59.0 Å². The zero-order valence-corrected chi connectivity index (χ0v) is 16.7. The first-order valence-electron chi connectivity index (χ1n) is 8.47. The lowest BCUT2D eigenvalue weighted by molar-refractivity contribution is -0.407. The molecule has 1 aromatic heterocycles. The second-order valence-electron chi connectivity index (χ2n) is 6.27. The molecule has 2 aliphatic heterocycles. The third-order valence-corrected chi connectivity index (χ3v) is 5.96.